The van der Waals surface area contributed by atoms with Gasteiger partial charge < -0.3 is 10.1 Å². The summed E-state index contributed by atoms with van der Waals surface area (Å²) in [4.78, 5) is 12.4. The average molecular weight is 325 g/mol. The predicted molar refractivity (Wildman–Crippen MR) is 98.4 cm³/mol. The molecule has 2 aromatic rings. The fourth-order valence-electron chi connectivity index (χ4n) is 2.92. The maximum atomic E-state index is 12.4. The van der Waals surface area contributed by atoms with Crippen molar-refractivity contribution < 1.29 is 9.53 Å². The van der Waals surface area contributed by atoms with Gasteiger partial charge in [0.05, 0.1) is 7.11 Å². The van der Waals surface area contributed by atoms with Crippen molar-refractivity contribution in [3.05, 3.63) is 65.7 Å². The van der Waals surface area contributed by atoms with Crippen LogP contribution in [0.5, 0.6) is 5.75 Å². The van der Waals surface area contributed by atoms with Gasteiger partial charge in [0.25, 0.3) is 0 Å². The maximum absolute atomic E-state index is 12.4. The van der Waals surface area contributed by atoms with Gasteiger partial charge in [0.15, 0.2) is 0 Å². The van der Waals surface area contributed by atoms with Crippen LogP contribution in [0, 0.1) is 0 Å². The van der Waals surface area contributed by atoms with Crippen LogP contribution in [-0.2, 0) is 16.6 Å². The highest BCUT2D eigenvalue weighted by Gasteiger charge is 2.24. The van der Waals surface area contributed by atoms with Crippen molar-refractivity contribution in [3.8, 4) is 5.75 Å². The minimum absolute atomic E-state index is 0.0798. The SMILES string of the molecule is COc1cccc(CC(C)NC(=O)CC(C)(C)c2ccccc2)c1. The number of amides is 1. The highest BCUT2D eigenvalue weighted by molar-refractivity contribution is 5.77. The molecule has 1 atom stereocenters. The third-order valence-corrected chi connectivity index (χ3v) is 4.24. The van der Waals surface area contributed by atoms with Gasteiger partial charge in [-0.05, 0) is 42.0 Å². The highest BCUT2D eigenvalue weighted by atomic mass is 16.5. The second-order valence-electron chi connectivity index (χ2n) is 6.95. The highest BCUT2D eigenvalue weighted by Crippen LogP contribution is 2.26. The van der Waals surface area contributed by atoms with Crippen molar-refractivity contribution in [1.29, 1.82) is 0 Å². The third kappa shape index (κ3) is 5.12. The van der Waals surface area contributed by atoms with Gasteiger partial charge in [0, 0.05) is 12.5 Å². The Labute approximate surface area is 145 Å². The summed E-state index contributed by atoms with van der Waals surface area (Å²) < 4.78 is 5.25. The van der Waals surface area contributed by atoms with Gasteiger partial charge in [0.1, 0.15) is 5.75 Å². The Kier molecular flexibility index (Phi) is 6.02. The maximum Gasteiger partial charge on any atom is 0.221 e. The van der Waals surface area contributed by atoms with Crippen molar-refractivity contribution in [2.75, 3.05) is 7.11 Å². The molecular formula is C21H27NO2. The Hall–Kier alpha value is -2.29. The fraction of sp³-hybridized carbons (Fsp3) is 0.381. The summed E-state index contributed by atoms with van der Waals surface area (Å²) in [5, 5.41) is 3.11. The first-order valence-corrected chi connectivity index (χ1v) is 8.38. The molecule has 1 amide bonds. The van der Waals surface area contributed by atoms with Crippen molar-refractivity contribution in [2.24, 2.45) is 0 Å². The first-order valence-electron chi connectivity index (χ1n) is 8.38. The number of methoxy groups -OCH3 is 1. The first kappa shape index (κ1) is 18.1. The van der Waals surface area contributed by atoms with Gasteiger partial charge in [-0.25, -0.2) is 0 Å². The lowest BCUT2D eigenvalue weighted by atomic mass is 9.81. The molecule has 0 spiro atoms. The van der Waals surface area contributed by atoms with Crippen molar-refractivity contribution in [3.63, 3.8) is 0 Å². The molecule has 3 heteroatoms. The molecule has 24 heavy (non-hydrogen) atoms. The normalized spacial score (nSPS) is 12.5. The number of hydrogen-bond acceptors (Lipinski definition) is 2. The number of hydrogen-bond donors (Lipinski definition) is 1. The molecule has 0 saturated heterocycles. The minimum Gasteiger partial charge on any atom is -0.497 e. The lowest BCUT2D eigenvalue weighted by Crippen LogP contribution is -2.37. The molecule has 128 valence electrons. The molecule has 2 aromatic carbocycles. The van der Waals surface area contributed by atoms with E-state index in [0.29, 0.717) is 6.42 Å². The van der Waals surface area contributed by atoms with Gasteiger partial charge >= 0.3 is 0 Å². The zero-order valence-corrected chi connectivity index (χ0v) is 15.0. The van der Waals surface area contributed by atoms with Crippen LogP contribution in [0.2, 0.25) is 0 Å². The monoisotopic (exact) mass is 325 g/mol. The second kappa shape index (κ2) is 8.00. The van der Waals surface area contributed by atoms with Gasteiger partial charge in [0.2, 0.25) is 5.91 Å². The lowest BCUT2D eigenvalue weighted by Gasteiger charge is -2.25. The van der Waals surface area contributed by atoms with Gasteiger partial charge in [-0.2, -0.15) is 0 Å². The Bertz CT molecular complexity index is 665. The molecule has 0 fully saturated rings. The smallest absolute Gasteiger partial charge is 0.221 e. The molecule has 3 nitrogen and oxygen atoms in total. The number of carbonyl (C=O) groups is 1. The number of ether oxygens (including phenoxy) is 1. The van der Waals surface area contributed by atoms with Crippen LogP contribution in [0.15, 0.2) is 54.6 Å². The third-order valence-electron chi connectivity index (χ3n) is 4.24. The van der Waals surface area contributed by atoms with E-state index in [0.717, 1.165) is 17.7 Å². The quantitative estimate of drug-likeness (QED) is 0.832. The summed E-state index contributed by atoms with van der Waals surface area (Å²) in [5.41, 5.74) is 2.16. The summed E-state index contributed by atoms with van der Waals surface area (Å²) in [6.07, 6.45) is 1.26. The Morgan fingerprint density at radius 2 is 1.83 bits per heavy atom. The Balaban J connectivity index is 1.91. The molecule has 0 aliphatic rings. The molecular weight excluding hydrogens is 298 g/mol. The van der Waals surface area contributed by atoms with Crippen molar-refractivity contribution in [2.45, 2.75) is 45.1 Å². The topological polar surface area (TPSA) is 38.3 Å². The number of benzene rings is 2. The zero-order chi connectivity index (χ0) is 17.6. The average Bonchev–Trinajstić information content (AvgIpc) is 2.55. The molecule has 0 aliphatic heterocycles. The summed E-state index contributed by atoms with van der Waals surface area (Å²) in [7, 11) is 1.66. The van der Waals surface area contributed by atoms with Gasteiger partial charge in [-0.3, -0.25) is 4.79 Å². The van der Waals surface area contributed by atoms with Crippen LogP contribution >= 0.6 is 0 Å². The second-order valence-corrected chi connectivity index (χ2v) is 6.95. The molecule has 0 saturated carbocycles. The molecule has 1 N–H and O–H groups in total. The van der Waals surface area contributed by atoms with E-state index < -0.39 is 0 Å². The van der Waals surface area contributed by atoms with Crippen molar-refractivity contribution in [1.82, 2.24) is 5.32 Å². The van der Waals surface area contributed by atoms with Crippen LogP contribution < -0.4 is 10.1 Å². The molecule has 0 aliphatic carbocycles. The summed E-state index contributed by atoms with van der Waals surface area (Å²) in [6.45, 7) is 6.25. The Morgan fingerprint density at radius 3 is 2.50 bits per heavy atom. The summed E-state index contributed by atoms with van der Waals surface area (Å²) >= 11 is 0. The fourth-order valence-corrected chi connectivity index (χ4v) is 2.92. The molecule has 2 rings (SSSR count). The van der Waals surface area contributed by atoms with E-state index in [1.54, 1.807) is 7.11 Å². The van der Waals surface area contributed by atoms with Crippen molar-refractivity contribution >= 4 is 5.91 Å². The molecule has 0 radical (unpaired) electrons. The van der Waals surface area contributed by atoms with Gasteiger partial charge in [-0.15, -0.1) is 0 Å². The number of nitrogens with one attached hydrogen (secondary N) is 1. The van der Waals surface area contributed by atoms with E-state index in [9.17, 15) is 4.79 Å². The minimum atomic E-state index is -0.180. The molecule has 0 bridgehead atoms. The molecule has 1 unspecified atom stereocenters. The molecule has 0 heterocycles. The standard InChI is InChI=1S/C21H27NO2/c1-16(13-17-9-8-12-19(14-17)24-4)22-20(23)15-21(2,3)18-10-6-5-7-11-18/h5-12,14,16H,13,15H2,1-4H3,(H,22,23). The van der Waals surface area contributed by atoms with Crippen LogP contribution in [-0.4, -0.2) is 19.1 Å². The first-order chi connectivity index (χ1) is 11.4. The van der Waals surface area contributed by atoms with Crippen LogP contribution in [0.3, 0.4) is 0 Å². The largest absolute Gasteiger partial charge is 0.497 e. The van der Waals surface area contributed by atoms with Crippen LogP contribution in [0.1, 0.15) is 38.3 Å². The zero-order valence-electron chi connectivity index (χ0n) is 15.0. The van der Waals surface area contributed by atoms with E-state index in [-0.39, 0.29) is 17.4 Å². The van der Waals surface area contributed by atoms with E-state index in [1.165, 1.54) is 5.56 Å². The summed E-state index contributed by atoms with van der Waals surface area (Å²) in [6, 6.07) is 18.2. The number of rotatable bonds is 7. The van der Waals surface area contributed by atoms with Gasteiger partial charge in [-0.1, -0.05) is 56.3 Å². The molecule has 0 aromatic heterocycles. The predicted octanol–water partition coefficient (Wildman–Crippen LogP) is 4.11. The van der Waals surface area contributed by atoms with E-state index in [1.807, 2.05) is 43.3 Å². The summed E-state index contributed by atoms with van der Waals surface area (Å²) in [5.74, 6) is 0.926. The Morgan fingerprint density at radius 1 is 1.12 bits per heavy atom. The van der Waals surface area contributed by atoms with E-state index >= 15 is 0 Å². The lowest BCUT2D eigenvalue weighted by molar-refractivity contribution is -0.122. The van der Waals surface area contributed by atoms with E-state index in [2.05, 4.69) is 37.4 Å². The van der Waals surface area contributed by atoms with Crippen LogP contribution in [0.25, 0.3) is 0 Å². The number of carbonyl (C=O) groups excluding carboxylic acids is 1. The van der Waals surface area contributed by atoms with Crippen LogP contribution in [0.4, 0.5) is 0 Å². The van der Waals surface area contributed by atoms with E-state index in [4.69, 9.17) is 4.74 Å².